The van der Waals surface area contributed by atoms with Crippen molar-refractivity contribution >= 4 is 44.7 Å². The maximum atomic E-state index is 13.1. The van der Waals surface area contributed by atoms with Crippen molar-refractivity contribution in [2.24, 2.45) is 0 Å². The summed E-state index contributed by atoms with van der Waals surface area (Å²) in [5.74, 6) is 0.140. The number of benzene rings is 1. The summed E-state index contributed by atoms with van der Waals surface area (Å²) in [6.07, 6.45) is 1.66. The number of pyridine rings is 1. The zero-order chi connectivity index (χ0) is 13.3. The van der Waals surface area contributed by atoms with E-state index in [1.54, 1.807) is 12.3 Å². The first-order valence-electron chi connectivity index (χ1n) is 5.11. The smallest absolute Gasteiger partial charge is 0.132 e. The van der Waals surface area contributed by atoms with Crippen molar-refractivity contribution in [1.82, 2.24) is 4.98 Å². The largest absolute Gasteiger partial charge is 0.398 e. The Bertz CT molecular complexity index is 581. The first-order valence-corrected chi connectivity index (χ1v) is 6.28. The van der Waals surface area contributed by atoms with Crippen LogP contribution in [0.1, 0.15) is 5.56 Å². The van der Waals surface area contributed by atoms with Crippen LogP contribution in [-0.2, 0) is 0 Å². The topological polar surface area (TPSA) is 50.9 Å². The zero-order valence-electron chi connectivity index (χ0n) is 9.47. The Hall–Kier alpha value is -1.33. The predicted octanol–water partition coefficient (Wildman–Crippen LogP) is 4.27. The molecule has 1 aromatic carbocycles. The maximum absolute atomic E-state index is 13.1. The van der Waals surface area contributed by atoms with E-state index in [-0.39, 0.29) is 5.02 Å². The third-order valence-corrected chi connectivity index (χ3v) is 3.33. The highest BCUT2D eigenvalue weighted by atomic mass is 79.9. The fourth-order valence-corrected chi connectivity index (χ4v) is 2.30. The molecule has 3 nitrogen and oxygen atoms in total. The first-order chi connectivity index (χ1) is 8.47. The van der Waals surface area contributed by atoms with Crippen LogP contribution in [0.5, 0.6) is 0 Å². The second-order valence-electron chi connectivity index (χ2n) is 3.80. The highest BCUT2D eigenvalue weighted by Crippen LogP contribution is 2.33. The lowest BCUT2D eigenvalue weighted by molar-refractivity contribution is 0.627. The molecule has 0 aliphatic heterocycles. The Morgan fingerprint density at radius 3 is 2.72 bits per heavy atom. The monoisotopic (exact) mass is 329 g/mol. The van der Waals surface area contributed by atoms with Crippen molar-refractivity contribution in [3.05, 3.63) is 45.3 Å². The Kier molecular flexibility index (Phi) is 3.73. The summed E-state index contributed by atoms with van der Waals surface area (Å²) < 4.78 is 13.6. The summed E-state index contributed by atoms with van der Waals surface area (Å²) in [5.41, 5.74) is 7.86. The molecule has 0 unspecified atom stereocenters. The van der Waals surface area contributed by atoms with Gasteiger partial charge in [0.2, 0.25) is 0 Å². The minimum Gasteiger partial charge on any atom is -0.398 e. The summed E-state index contributed by atoms with van der Waals surface area (Å²) in [5, 5.41) is 3.27. The van der Waals surface area contributed by atoms with E-state index in [2.05, 4.69) is 26.2 Å². The molecular weight excluding hydrogens is 321 g/mol. The molecule has 0 saturated carbocycles. The molecule has 0 bridgehead atoms. The third-order valence-electron chi connectivity index (χ3n) is 2.40. The number of nitrogens with zero attached hydrogens (tertiary/aromatic N) is 1. The molecule has 6 heteroatoms. The number of nitrogen functional groups attached to an aromatic ring is 1. The molecule has 2 rings (SSSR count). The van der Waals surface area contributed by atoms with Crippen molar-refractivity contribution < 1.29 is 4.39 Å². The van der Waals surface area contributed by atoms with E-state index in [0.717, 1.165) is 5.56 Å². The fourth-order valence-electron chi connectivity index (χ4n) is 1.40. The number of nitrogens with two attached hydrogens (primary N) is 1. The van der Waals surface area contributed by atoms with Crippen LogP contribution in [0.4, 0.5) is 21.6 Å². The second-order valence-corrected chi connectivity index (χ2v) is 5.06. The molecule has 2 aromatic rings. The number of aromatic nitrogens is 1. The normalized spacial score (nSPS) is 10.4. The van der Waals surface area contributed by atoms with Gasteiger partial charge in [-0.25, -0.2) is 9.37 Å². The van der Waals surface area contributed by atoms with Crippen LogP contribution in [0.3, 0.4) is 0 Å². The van der Waals surface area contributed by atoms with E-state index in [1.807, 2.05) is 6.92 Å². The molecule has 1 heterocycles. The van der Waals surface area contributed by atoms with E-state index in [0.29, 0.717) is 21.7 Å². The number of rotatable bonds is 2. The van der Waals surface area contributed by atoms with Gasteiger partial charge in [-0.3, -0.25) is 0 Å². The van der Waals surface area contributed by atoms with Gasteiger partial charge in [-0.15, -0.1) is 0 Å². The van der Waals surface area contributed by atoms with Crippen LogP contribution in [0.15, 0.2) is 28.9 Å². The summed E-state index contributed by atoms with van der Waals surface area (Å²) in [4.78, 5) is 4.17. The maximum Gasteiger partial charge on any atom is 0.132 e. The Labute approximate surface area is 117 Å². The summed E-state index contributed by atoms with van der Waals surface area (Å²) >= 11 is 9.21. The van der Waals surface area contributed by atoms with Crippen LogP contribution in [-0.4, -0.2) is 4.98 Å². The lowest BCUT2D eigenvalue weighted by Gasteiger charge is -2.11. The predicted molar refractivity (Wildman–Crippen MR) is 75.8 cm³/mol. The highest BCUT2D eigenvalue weighted by Gasteiger charge is 2.09. The van der Waals surface area contributed by atoms with E-state index >= 15 is 0 Å². The van der Waals surface area contributed by atoms with Crippen molar-refractivity contribution in [3.8, 4) is 0 Å². The van der Waals surface area contributed by atoms with Crippen LogP contribution >= 0.6 is 27.5 Å². The van der Waals surface area contributed by atoms with Gasteiger partial charge >= 0.3 is 0 Å². The van der Waals surface area contributed by atoms with Crippen LogP contribution in [0.2, 0.25) is 5.02 Å². The Balaban J connectivity index is 2.37. The molecule has 3 N–H and O–H groups in total. The minimum absolute atomic E-state index is 0.267. The summed E-state index contributed by atoms with van der Waals surface area (Å²) in [7, 11) is 0. The fraction of sp³-hybridized carbons (Fsp3) is 0.0833. The molecule has 0 atom stereocenters. The molecular formula is C12H10BrClFN3. The van der Waals surface area contributed by atoms with Gasteiger partial charge in [0.05, 0.1) is 10.7 Å². The van der Waals surface area contributed by atoms with Crippen molar-refractivity contribution in [2.75, 3.05) is 11.1 Å². The molecule has 1 aromatic heterocycles. The lowest BCUT2D eigenvalue weighted by atomic mass is 10.2. The molecule has 0 saturated heterocycles. The molecule has 94 valence electrons. The van der Waals surface area contributed by atoms with Gasteiger partial charge in [0, 0.05) is 22.4 Å². The highest BCUT2D eigenvalue weighted by molar-refractivity contribution is 9.10. The third kappa shape index (κ3) is 2.73. The van der Waals surface area contributed by atoms with Crippen molar-refractivity contribution in [3.63, 3.8) is 0 Å². The molecule has 0 aliphatic carbocycles. The van der Waals surface area contributed by atoms with Crippen LogP contribution < -0.4 is 11.1 Å². The SMILES string of the molecule is Cc1cnc(Nc2c(Cl)cc(F)cc2Br)cc1N. The van der Waals surface area contributed by atoms with Crippen molar-refractivity contribution in [1.29, 1.82) is 0 Å². The summed E-state index contributed by atoms with van der Waals surface area (Å²) in [6, 6.07) is 4.25. The number of nitrogens with one attached hydrogen (secondary N) is 1. The van der Waals surface area contributed by atoms with E-state index < -0.39 is 5.82 Å². The van der Waals surface area contributed by atoms with E-state index in [1.165, 1.54) is 12.1 Å². The standard InChI is InChI=1S/C12H10BrClFN3/c1-6-5-17-11(4-10(6)16)18-12-8(13)2-7(15)3-9(12)14/h2-5H,1H3,(H3,16,17,18). The molecule has 0 radical (unpaired) electrons. The van der Waals surface area contributed by atoms with Crippen LogP contribution in [0, 0.1) is 12.7 Å². The first kappa shape index (κ1) is 13.1. The molecule has 18 heavy (non-hydrogen) atoms. The van der Waals surface area contributed by atoms with Gasteiger partial charge < -0.3 is 11.1 Å². The average Bonchev–Trinajstić information content (AvgIpc) is 2.28. The van der Waals surface area contributed by atoms with Crippen molar-refractivity contribution in [2.45, 2.75) is 6.92 Å². The van der Waals surface area contributed by atoms with Gasteiger partial charge in [-0.1, -0.05) is 11.6 Å². The number of anilines is 3. The molecule has 0 aliphatic rings. The Morgan fingerprint density at radius 1 is 1.39 bits per heavy atom. The molecule has 0 amide bonds. The second kappa shape index (κ2) is 5.12. The Morgan fingerprint density at radius 2 is 2.11 bits per heavy atom. The molecule has 0 fully saturated rings. The average molecular weight is 331 g/mol. The number of aryl methyl sites for hydroxylation is 1. The van der Waals surface area contributed by atoms with Gasteiger partial charge in [0.25, 0.3) is 0 Å². The number of hydrogen-bond acceptors (Lipinski definition) is 3. The molecule has 0 spiro atoms. The zero-order valence-corrected chi connectivity index (χ0v) is 11.8. The van der Waals surface area contributed by atoms with E-state index in [4.69, 9.17) is 17.3 Å². The number of halogens is 3. The summed E-state index contributed by atoms with van der Waals surface area (Å²) in [6.45, 7) is 1.87. The van der Waals surface area contributed by atoms with Gasteiger partial charge in [0.1, 0.15) is 11.6 Å². The van der Waals surface area contributed by atoms with Gasteiger partial charge in [-0.2, -0.15) is 0 Å². The number of hydrogen-bond donors (Lipinski definition) is 2. The van der Waals surface area contributed by atoms with Crippen LogP contribution in [0.25, 0.3) is 0 Å². The lowest BCUT2D eigenvalue weighted by Crippen LogP contribution is -1.99. The quantitative estimate of drug-likeness (QED) is 0.864. The van der Waals surface area contributed by atoms with E-state index in [9.17, 15) is 4.39 Å². The van der Waals surface area contributed by atoms with Gasteiger partial charge in [0.15, 0.2) is 0 Å². The minimum atomic E-state index is -0.409. The van der Waals surface area contributed by atoms with Gasteiger partial charge in [-0.05, 0) is 40.5 Å².